The third-order valence-electron chi connectivity index (χ3n) is 5.09. The molecule has 3 rings (SSSR count). The van der Waals surface area contributed by atoms with Crippen molar-refractivity contribution in [3.05, 3.63) is 54.4 Å². The molecule has 0 heterocycles. The standard InChI is InChI=1S/C20H22Br2Cl2N2O2/c21-15-7-13(23)5-11(19(15)27)9-25-17-3-1-2-4-18(17)26-10-12-6-14(24)8-16(22)20(12)28/h5-8,17-18,25-28H,1-4,9-10H2/t17-,18-/m1/s1. The molecule has 1 aliphatic rings. The minimum atomic E-state index is 0.214. The van der Waals surface area contributed by atoms with Crippen LogP contribution in [0.1, 0.15) is 36.8 Å². The molecule has 28 heavy (non-hydrogen) atoms. The van der Waals surface area contributed by atoms with Gasteiger partial charge in [-0.15, -0.1) is 0 Å². The normalized spacial score (nSPS) is 19.7. The van der Waals surface area contributed by atoms with Crippen LogP contribution >= 0.6 is 55.1 Å². The zero-order chi connectivity index (χ0) is 20.3. The number of hydrogen-bond acceptors (Lipinski definition) is 4. The number of nitrogens with one attached hydrogen (secondary N) is 2. The molecule has 1 saturated carbocycles. The van der Waals surface area contributed by atoms with Crippen molar-refractivity contribution >= 4 is 55.1 Å². The van der Waals surface area contributed by atoms with Gasteiger partial charge in [-0.2, -0.15) is 0 Å². The maximum absolute atomic E-state index is 10.2. The summed E-state index contributed by atoms with van der Waals surface area (Å²) in [5.74, 6) is 0.428. The highest BCUT2D eigenvalue weighted by Crippen LogP contribution is 2.33. The summed E-state index contributed by atoms with van der Waals surface area (Å²) in [5, 5.41) is 28.8. The van der Waals surface area contributed by atoms with Crippen LogP contribution in [0.2, 0.25) is 10.0 Å². The quantitative estimate of drug-likeness (QED) is 0.349. The van der Waals surface area contributed by atoms with Gasteiger partial charge in [0.25, 0.3) is 0 Å². The first-order chi connectivity index (χ1) is 13.3. The molecule has 0 radical (unpaired) electrons. The van der Waals surface area contributed by atoms with E-state index < -0.39 is 0 Å². The Kier molecular flexibility index (Phi) is 7.93. The van der Waals surface area contributed by atoms with Gasteiger partial charge in [0.05, 0.1) is 8.95 Å². The van der Waals surface area contributed by atoms with Crippen molar-refractivity contribution in [2.24, 2.45) is 0 Å². The molecule has 0 aromatic heterocycles. The minimum Gasteiger partial charge on any atom is -0.506 e. The van der Waals surface area contributed by atoms with Crippen molar-refractivity contribution in [2.75, 3.05) is 0 Å². The van der Waals surface area contributed by atoms with Crippen LogP contribution in [0.15, 0.2) is 33.2 Å². The van der Waals surface area contributed by atoms with Crippen molar-refractivity contribution in [2.45, 2.75) is 50.9 Å². The van der Waals surface area contributed by atoms with Gasteiger partial charge in [0.1, 0.15) is 11.5 Å². The van der Waals surface area contributed by atoms with E-state index in [0.717, 1.165) is 36.8 Å². The highest BCUT2D eigenvalue weighted by Gasteiger charge is 2.25. The zero-order valence-electron chi connectivity index (χ0n) is 15.1. The first-order valence-corrected chi connectivity index (χ1v) is 11.5. The molecule has 0 amide bonds. The first kappa shape index (κ1) is 22.2. The van der Waals surface area contributed by atoms with E-state index in [1.165, 1.54) is 0 Å². The van der Waals surface area contributed by atoms with Crippen LogP contribution in [0.25, 0.3) is 0 Å². The Morgan fingerprint density at radius 2 is 1.18 bits per heavy atom. The average molecular weight is 553 g/mol. The summed E-state index contributed by atoms with van der Waals surface area (Å²) in [4.78, 5) is 0. The Balaban J connectivity index is 1.65. The fraction of sp³-hybridized carbons (Fsp3) is 0.400. The van der Waals surface area contributed by atoms with Crippen molar-refractivity contribution < 1.29 is 10.2 Å². The molecule has 1 fully saturated rings. The third kappa shape index (κ3) is 5.55. The Morgan fingerprint density at radius 3 is 1.57 bits per heavy atom. The summed E-state index contributed by atoms with van der Waals surface area (Å²) >= 11 is 18.9. The predicted molar refractivity (Wildman–Crippen MR) is 121 cm³/mol. The second kappa shape index (κ2) is 10.0. The molecule has 0 saturated heterocycles. The Labute approximate surface area is 191 Å². The topological polar surface area (TPSA) is 64.5 Å². The summed E-state index contributed by atoms with van der Waals surface area (Å²) in [6.45, 7) is 1.06. The van der Waals surface area contributed by atoms with Gasteiger partial charge in [-0.05, 0) is 69.0 Å². The predicted octanol–water partition coefficient (Wildman–Crippen LogP) is 6.12. The van der Waals surface area contributed by atoms with Crippen LogP contribution in [0.3, 0.4) is 0 Å². The van der Waals surface area contributed by atoms with Crippen LogP contribution in [-0.2, 0) is 13.1 Å². The lowest BCUT2D eigenvalue weighted by atomic mass is 9.90. The Morgan fingerprint density at radius 1 is 0.786 bits per heavy atom. The molecule has 152 valence electrons. The van der Waals surface area contributed by atoms with Gasteiger partial charge in [-0.3, -0.25) is 0 Å². The van der Waals surface area contributed by atoms with Gasteiger partial charge in [0.2, 0.25) is 0 Å². The molecule has 8 heteroatoms. The lowest BCUT2D eigenvalue weighted by Crippen LogP contribution is -2.49. The molecule has 4 nitrogen and oxygen atoms in total. The van der Waals surface area contributed by atoms with Crippen LogP contribution in [0.4, 0.5) is 0 Å². The number of benzene rings is 2. The highest BCUT2D eigenvalue weighted by molar-refractivity contribution is 9.10. The van der Waals surface area contributed by atoms with E-state index in [9.17, 15) is 10.2 Å². The van der Waals surface area contributed by atoms with Crippen LogP contribution < -0.4 is 10.6 Å². The number of phenolic OH excluding ortho intramolecular Hbond substituents is 2. The molecule has 1 aliphatic carbocycles. The van der Waals surface area contributed by atoms with Gasteiger partial charge in [0, 0.05) is 46.3 Å². The van der Waals surface area contributed by atoms with E-state index in [1.807, 2.05) is 0 Å². The number of hydrogen-bond donors (Lipinski definition) is 4. The number of aromatic hydroxyl groups is 2. The fourth-order valence-corrected chi connectivity index (χ4v) is 5.36. The van der Waals surface area contributed by atoms with Crippen molar-refractivity contribution in [1.29, 1.82) is 0 Å². The maximum Gasteiger partial charge on any atom is 0.134 e. The molecule has 0 unspecified atom stereocenters. The fourth-order valence-electron chi connectivity index (χ4n) is 3.61. The Bertz CT molecular complexity index is 782. The van der Waals surface area contributed by atoms with Crippen LogP contribution in [0.5, 0.6) is 11.5 Å². The van der Waals surface area contributed by atoms with Crippen molar-refractivity contribution in [3.63, 3.8) is 0 Å². The zero-order valence-corrected chi connectivity index (χ0v) is 19.8. The summed E-state index contributed by atoms with van der Waals surface area (Å²) in [6.07, 6.45) is 4.42. The molecule has 4 N–H and O–H groups in total. The van der Waals surface area contributed by atoms with Crippen molar-refractivity contribution in [1.82, 2.24) is 10.6 Å². The van der Waals surface area contributed by atoms with E-state index in [2.05, 4.69) is 42.5 Å². The lowest BCUT2D eigenvalue weighted by Gasteiger charge is -2.33. The lowest BCUT2D eigenvalue weighted by molar-refractivity contribution is 0.279. The van der Waals surface area contributed by atoms with Gasteiger partial charge in [0.15, 0.2) is 0 Å². The molecule has 0 spiro atoms. The molecule has 2 aromatic carbocycles. The van der Waals surface area contributed by atoms with E-state index >= 15 is 0 Å². The number of rotatable bonds is 6. The van der Waals surface area contributed by atoms with E-state index in [-0.39, 0.29) is 23.6 Å². The first-order valence-electron chi connectivity index (χ1n) is 9.15. The summed E-state index contributed by atoms with van der Waals surface area (Å²) < 4.78 is 1.19. The monoisotopic (exact) mass is 550 g/mol. The van der Waals surface area contributed by atoms with Gasteiger partial charge in [-0.1, -0.05) is 36.0 Å². The van der Waals surface area contributed by atoms with Crippen LogP contribution in [-0.4, -0.2) is 22.3 Å². The van der Waals surface area contributed by atoms with E-state index in [0.29, 0.717) is 32.1 Å². The summed E-state index contributed by atoms with van der Waals surface area (Å²) in [6, 6.07) is 7.44. The molecule has 0 aliphatic heterocycles. The van der Waals surface area contributed by atoms with Gasteiger partial charge < -0.3 is 20.8 Å². The van der Waals surface area contributed by atoms with Gasteiger partial charge in [-0.25, -0.2) is 0 Å². The second-order valence-corrected chi connectivity index (χ2v) is 9.63. The Hall–Kier alpha value is -0.500. The molecule has 2 atom stereocenters. The molecule has 0 bridgehead atoms. The van der Waals surface area contributed by atoms with Gasteiger partial charge >= 0.3 is 0 Å². The molecular weight excluding hydrogens is 531 g/mol. The maximum atomic E-state index is 10.2. The van der Waals surface area contributed by atoms with Crippen LogP contribution in [0, 0.1) is 0 Å². The number of phenols is 2. The smallest absolute Gasteiger partial charge is 0.134 e. The van der Waals surface area contributed by atoms with E-state index in [1.54, 1.807) is 24.3 Å². The summed E-state index contributed by atoms with van der Waals surface area (Å²) in [7, 11) is 0. The minimum absolute atomic E-state index is 0.214. The van der Waals surface area contributed by atoms with E-state index in [4.69, 9.17) is 23.2 Å². The highest BCUT2D eigenvalue weighted by atomic mass is 79.9. The summed E-state index contributed by atoms with van der Waals surface area (Å²) in [5.41, 5.74) is 1.53. The largest absolute Gasteiger partial charge is 0.506 e. The third-order valence-corrected chi connectivity index (χ3v) is 6.74. The molecular formula is C20H22Br2Cl2N2O2. The second-order valence-electron chi connectivity index (χ2n) is 7.05. The number of halogens is 4. The average Bonchev–Trinajstić information content (AvgIpc) is 2.65. The van der Waals surface area contributed by atoms with Crippen molar-refractivity contribution in [3.8, 4) is 11.5 Å². The SMILES string of the molecule is Oc1c(Br)cc(Cl)cc1CN[C@@H]1CCCC[C@H]1NCc1cc(Cl)cc(Br)c1O. The molecule has 2 aromatic rings.